The van der Waals surface area contributed by atoms with E-state index in [1.165, 1.54) is 19.3 Å². The Morgan fingerprint density at radius 3 is 2.75 bits per heavy atom. The van der Waals surface area contributed by atoms with Gasteiger partial charge in [0, 0.05) is 25.7 Å². The second-order valence-corrected chi connectivity index (χ2v) is 4.90. The summed E-state index contributed by atoms with van der Waals surface area (Å²) in [6, 6.07) is 0.296. The maximum atomic E-state index is 12.4. The van der Waals surface area contributed by atoms with E-state index in [1.807, 2.05) is 0 Å². The normalized spacial score (nSPS) is 31.2. The van der Waals surface area contributed by atoms with Gasteiger partial charge in [0.15, 0.2) is 0 Å². The summed E-state index contributed by atoms with van der Waals surface area (Å²) in [5, 5.41) is 3.38. The van der Waals surface area contributed by atoms with Crippen molar-refractivity contribution in [1.82, 2.24) is 10.2 Å². The summed E-state index contributed by atoms with van der Waals surface area (Å²) in [4.78, 5) is 14.4. The molecule has 2 unspecified atom stereocenters. The highest BCUT2D eigenvalue weighted by atomic mass is 16.2. The highest BCUT2D eigenvalue weighted by Gasteiger charge is 2.29. The molecule has 0 radical (unpaired) electrons. The van der Waals surface area contributed by atoms with Crippen LogP contribution in [0.15, 0.2) is 12.2 Å². The van der Waals surface area contributed by atoms with Gasteiger partial charge in [-0.3, -0.25) is 4.79 Å². The lowest BCUT2D eigenvalue weighted by molar-refractivity contribution is -0.137. The highest BCUT2D eigenvalue weighted by Crippen LogP contribution is 2.19. The first-order valence-corrected chi connectivity index (χ1v) is 6.46. The van der Waals surface area contributed by atoms with Crippen LogP contribution in [0.1, 0.15) is 32.6 Å². The SMILES string of the molecule is CC1NCC=CCC1C(=O)N1CCCCC1. The highest BCUT2D eigenvalue weighted by molar-refractivity contribution is 5.79. The summed E-state index contributed by atoms with van der Waals surface area (Å²) >= 11 is 0. The number of amides is 1. The molecule has 90 valence electrons. The summed E-state index contributed by atoms with van der Waals surface area (Å²) in [6.07, 6.45) is 8.79. The van der Waals surface area contributed by atoms with Crippen LogP contribution in [0.2, 0.25) is 0 Å². The molecule has 2 aliphatic rings. The van der Waals surface area contributed by atoms with Crippen LogP contribution in [0.3, 0.4) is 0 Å². The van der Waals surface area contributed by atoms with E-state index in [0.29, 0.717) is 11.9 Å². The van der Waals surface area contributed by atoms with E-state index in [-0.39, 0.29) is 5.92 Å². The van der Waals surface area contributed by atoms with Gasteiger partial charge in [-0.15, -0.1) is 0 Å². The van der Waals surface area contributed by atoms with Gasteiger partial charge in [-0.25, -0.2) is 0 Å². The third-order valence-electron chi connectivity index (χ3n) is 3.70. The van der Waals surface area contributed by atoms with Crippen LogP contribution in [0, 0.1) is 5.92 Å². The first-order valence-electron chi connectivity index (χ1n) is 6.46. The van der Waals surface area contributed by atoms with Crippen LogP contribution >= 0.6 is 0 Å². The molecular weight excluding hydrogens is 200 g/mol. The van der Waals surface area contributed by atoms with Crippen molar-refractivity contribution in [2.45, 2.75) is 38.6 Å². The molecule has 16 heavy (non-hydrogen) atoms. The van der Waals surface area contributed by atoms with Gasteiger partial charge in [-0.05, 0) is 32.6 Å². The number of nitrogens with one attached hydrogen (secondary N) is 1. The molecule has 1 amide bonds. The molecule has 0 saturated carbocycles. The van der Waals surface area contributed by atoms with Crippen molar-refractivity contribution in [2.75, 3.05) is 19.6 Å². The standard InChI is InChI=1S/C13H22N2O/c1-11-12(7-3-4-8-14-11)13(16)15-9-5-2-6-10-15/h3-4,11-12,14H,2,5-10H2,1H3. The van der Waals surface area contributed by atoms with Crippen LogP contribution in [0.5, 0.6) is 0 Å². The zero-order chi connectivity index (χ0) is 11.4. The van der Waals surface area contributed by atoms with Crippen molar-refractivity contribution in [2.24, 2.45) is 5.92 Å². The third-order valence-corrected chi connectivity index (χ3v) is 3.70. The minimum atomic E-state index is 0.136. The Morgan fingerprint density at radius 2 is 2.00 bits per heavy atom. The van der Waals surface area contributed by atoms with E-state index in [9.17, 15) is 4.79 Å². The smallest absolute Gasteiger partial charge is 0.227 e. The minimum Gasteiger partial charge on any atom is -0.342 e. The number of carbonyl (C=O) groups is 1. The predicted octanol–water partition coefficient (Wildman–Crippen LogP) is 1.55. The Morgan fingerprint density at radius 1 is 1.25 bits per heavy atom. The second kappa shape index (κ2) is 5.48. The van der Waals surface area contributed by atoms with Crippen molar-refractivity contribution in [1.29, 1.82) is 0 Å². The molecule has 0 aromatic rings. The lowest BCUT2D eigenvalue weighted by Crippen LogP contribution is -2.46. The molecular formula is C13H22N2O. The Kier molecular flexibility index (Phi) is 3.99. The van der Waals surface area contributed by atoms with Crippen LogP contribution in [-0.2, 0) is 4.79 Å². The number of nitrogens with zero attached hydrogens (tertiary/aromatic N) is 1. The van der Waals surface area contributed by atoms with Crippen molar-refractivity contribution >= 4 is 5.91 Å². The Balaban J connectivity index is 1.98. The quantitative estimate of drug-likeness (QED) is 0.683. The molecule has 0 spiro atoms. The van der Waals surface area contributed by atoms with Gasteiger partial charge in [0.1, 0.15) is 0 Å². The fourth-order valence-electron chi connectivity index (χ4n) is 2.59. The van der Waals surface area contributed by atoms with Gasteiger partial charge in [-0.1, -0.05) is 12.2 Å². The number of hydrogen-bond donors (Lipinski definition) is 1. The maximum absolute atomic E-state index is 12.4. The average Bonchev–Trinajstić information content (AvgIpc) is 2.54. The van der Waals surface area contributed by atoms with Crippen molar-refractivity contribution in [3.63, 3.8) is 0 Å². The lowest BCUT2D eigenvalue weighted by Gasteiger charge is -2.32. The number of rotatable bonds is 1. The Bertz CT molecular complexity index is 269. The fraction of sp³-hybridized carbons (Fsp3) is 0.769. The topological polar surface area (TPSA) is 32.3 Å². The monoisotopic (exact) mass is 222 g/mol. The van der Waals surface area contributed by atoms with E-state index < -0.39 is 0 Å². The third kappa shape index (κ3) is 2.64. The molecule has 0 aromatic carbocycles. The zero-order valence-corrected chi connectivity index (χ0v) is 10.1. The summed E-state index contributed by atoms with van der Waals surface area (Å²) in [5.74, 6) is 0.489. The molecule has 3 heteroatoms. The molecule has 2 rings (SSSR count). The van der Waals surface area contributed by atoms with E-state index in [2.05, 4.69) is 29.3 Å². The molecule has 1 saturated heterocycles. The Labute approximate surface area is 97.9 Å². The van der Waals surface area contributed by atoms with Crippen LogP contribution < -0.4 is 5.32 Å². The molecule has 1 fully saturated rings. The number of carbonyl (C=O) groups excluding carboxylic acids is 1. The average molecular weight is 222 g/mol. The molecule has 2 aliphatic heterocycles. The number of allylic oxidation sites excluding steroid dienone is 1. The van der Waals surface area contributed by atoms with Crippen molar-refractivity contribution in [3.8, 4) is 0 Å². The van der Waals surface area contributed by atoms with Crippen LogP contribution in [0.25, 0.3) is 0 Å². The number of hydrogen-bond acceptors (Lipinski definition) is 2. The van der Waals surface area contributed by atoms with Crippen LogP contribution in [0.4, 0.5) is 0 Å². The summed E-state index contributed by atoms with van der Waals surface area (Å²) < 4.78 is 0. The van der Waals surface area contributed by atoms with E-state index in [0.717, 1.165) is 26.1 Å². The molecule has 0 aromatic heterocycles. The van der Waals surface area contributed by atoms with Gasteiger partial charge in [0.25, 0.3) is 0 Å². The van der Waals surface area contributed by atoms with Gasteiger partial charge >= 0.3 is 0 Å². The first kappa shape index (κ1) is 11.6. The van der Waals surface area contributed by atoms with Gasteiger partial charge in [0.2, 0.25) is 5.91 Å². The molecule has 0 bridgehead atoms. The van der Waals surface area contributed by atoms with Gasteiger partial charge < -0.3 is 10.2 Å². The van der Waals surface area contributed by atoms with E-state index in [1.54, 1.807) is 0 Å². The first-order chi connectivity index (χ1) is 7.79. The summed E-state index contributed by atoms with van der Waals surface area (Å²) in [6.45, 7) is 4.95. The predicted molar refractivity (Wildman–Crippen MR) is 65.1 cm³/mol. The largest absolute Gasteiger partial charge is 0.342 e. The van der Waals surface area contributed by atoms with E-state index >= 15 is 0 Å². The van der Waals surface area contributed by atoms with Gasteiger partial charge in [0.05, 0.1) is 5.92 Å². The minimum absolute atomic E-state index is 0.136. The lowest BCUT2D eigenvalue weighted by atomic mass is 9.95. The summed E-state index contributed by atoms with van der Waals surface area (Å²) in [5.41, 5.74) is 0. The molecule has 3 nitrogen and oxygen atoms in total. The fourth-order valence-corrected chi connectivity index (χ4v) is 2.59. The van der Waals surface area contributed by atoms with E-state index in [4.69, 9.17) is 0 Å². The molecule has 2 atom stereocenters. The van der Waals surface area contributed by atoms with Gasteiger partial charge in [-0.2, -0.15) is 0 Å². The van der Waals surface area contributed by atoms with Crippen molar-refractivity contribution in [3.05, 3.63) is 12.2 Å². The number of piperidine rings is 1. The van der Waals surface area contributed by atoms with Crippen LogP contribution in [-0.4, -0.2) is 36.5 Å². The van der Waals surface area contributed by atoms with Crippen molar-refractivity contribution < 1.29 is 4.79 Å². The zero-order valence-electron chi connectivity index (χ0n) is 10.1. The molecule has 0 aliphatic carbocycles. The second-order valence-electron chi connectivity index (χ2n) is 4.90. The summed E-state index contributed by atoms with van der Waals surface area (Å²) in [7, 11) is 0. The molecule has 1 N–H and O–H groups in total. The number of likely N-dealkylation sites (tertiary alicyclic amines) is 1. The molecule has 2 heterocycles. The Hall–Kier alpha value is -0.830. The maximum Gasteiger partial charge on any atom is 0.227 e.